The van der Waals surface area contributed by atoms with Crippen molar-refractivity contribution in [1.29, 1.82) is 0 Å². The highest BCUT2D eigenvalue weighted by Crippen LogP contribution is 2.20. The van der Waals surface area contributed by atoms with Gasteiger partial charge in [-0.2, -0.15) is 0 Å². The van der Waals surface area contributed by atoms with Crippen molar-refractivity contribution in [2.75, 3.05) is 5.73 Å². The van der Waals surface area contributed by atoms with Gasteiger partial charge >= 0.3 is 0 Å². The molecule has 3 heteroatoms. The van der Waals surface area contributed by atoms with Crippen LogP contribution in [-0.2, 0) is 0 Å². The summed E-state index contributed by atoms with van der Waals surface area (Å²) in [6.45, 7) is 3.17. The number of rotatable bonds is 2. The largest absolute Gasteiger partial charge is 0.481 e. The van der Waals surface area contributed by atoms with E-state index in [2.05, 4.69) is 6.58 Å². The topological polar surface area (TPSA) is 55.5 Å². The van der Waals surface area contributed by atoms with Crippen LogP contribution in [0.1, 0.15) is 0 Å². The highest BCUT2D eigenvalue weighted by Gasteiger charge is 1.98. The second-order valence-electron chi connectivity index (χ2n) is 2.03. The fourth-order valence-corrected chi connectivity index (χ4v) is 0.700. The highest BCUT2D eigenvalue weighted by atomic mass is 16.6. The van der Waals surface area contributed by atoms with Gasteiger partial charge in [0.2, 0.25) is 0 Å². The van der Waals surface area contributed by atoms with Crippen LogP contribution in [0.5, 0.6) is 5.75 Å². The minimum Gasteiger partial charge on any atom is -0.481 e. The lowest BCUT2D eigenvalue weighted by atomic mass is 10.3. The van der Waals surface area contributed by atoms with Gasteiger partial charge < -0.3 is 15.6 Å². The quantitative estimate of drug-likeness (QED) is 0.499. The Bertz CT molecular complexity index is 271. The molecule has 1 aromatic rings. The van der Waals surface area contributed by atoms with Crippen molar-refractivity contribution in [3.05, 3.63) is 36.8 Å². The zero-order valence-electron chi connectivity index (χ0n) is 5.95. The van der Waals surface area contributed by atoms with Gasteiger partial charge in [-0.15, -0.1) is 0 Å². The Labute approximate surface area is 64.7 Å². The molecule has 0 spiro atoms. The molecule has 0 fully saturated rings. The molecule has 1 aromatic carbocycles. The highest BCUT2D eigenvalue weighted by molar-refractivity contribution is 5.52. The zero-order valence-corrected chi connectivity index (χ0v) is 5.95. The third kappa shape index (κ3) is 1.89. The SMILES string of the molecule is C=C(O)Oc1ccccc1N. The van der Waals surface area contributed by atoms with Gasteiger partial charge in [0.15, 0.2) is 5.75 Å². The summed E-state index contributed by atoms with van der Waals surface area (Å²) in [5.74, 6) is 0.0582. The first-order valence-electron chi connectivity index (χ1n) is 3.10. The van der Waals surface area contributed by atoms with Crippen LogP contribution in [0.4, 0.5) is 5.69 Å². The van der Waals surface area contributed by atoms with Gasteiger partial charge in [-0.3, -0.25) is 0 Å². The molecular formula is C8H9NO2. The second kappa shape index (κ2) is 2.96. The number of aliphatic hydroxyl groups excluding tert-OH is 1. The molecule has 0 aromatic heterocycles. The average Bonchev–Trinajstić information content (AvgIpc) is 1.93. The summed E-state index contributed by atoms with van der Waals surface area (Å²) < 4.78 is 4.78. The van der Waals surface area contributed by atoms with Crippen LogP contribution in [-0.4, -0.2) is 5.11 Å². The minimum absolute atomic E-state index is 0.358. The molecule has 0 atom stereocenters. The fraction of sp³-hybridized carbons (Fsp3) is 0. The number of anilines is 1. The number of ether oxygens (including phenoxy) is 1. The molecular weight excluding hydrogens is 142 g/mol. The van der Waals surface area contributed by atoms with E-state index in [9.17, 15) is 0 Å². The molecule has 1 rings (SSSR count). The van der Waals surface area contributed by atoms with Crippen LogP contribution in [0.2, 0.25) is 0 Å². The first-order valence-corrected chi connectivity index (χ1v) is 3.10. The van der Waals surface area contributed by atoms with Gasteiger partial charge in [0.25, 0.3) is 5.95 Å². The average molecular weight is 151 g/mol. The lowest BCUT2D eigenvalue weighted by Crippen LogP contribution is -1.95. The number of nitrogens with two attached hydrogens (primary N) is 1. The lowest BCUT2D eigenvalue weighted by Gasteiger charge is -2.04. The van der Waals surface area contributed by atoms with Crippen LogP contribution in [0.3, 0.4) is 0 Å². The van der Waals surface area contributed by atoms with Crippen molar-refractivity contribution in [3.8, 4) is 5.75 Å². The van der Waals surface area contributed by atoms with Crippen molar-refractivity contribution in [2.45, 2.75) is 0 Å². The Balaban J connectivity index is 2.86. The Morgan fingerprint density at radius 1 is 1.45 bits per heavy atom. The third-order valence-electron chi connectivity index (χ3n) is 1.15. The van der Waals surface area contributed by atoms with Crippen molar-refractivity contribution < 1.29 is 9.84 Å². The van der Waals surface area contributed by atoms with Crippen molar-refractivity contribution in [3.63, 3.8) is 0 Å². The van der Waals surface area contributed by atoms with Gasteiger partial charge in [0, 0.05) is 0 Å². The predicted molar refractivity (Wildman–Crippen MR) is 43.3 cm³/mol. The maximum atomic E-state index is 8.66. The van der Waals surface area contributed by atoms with E-state index in [1.807, 2.05) is 0 Å². The molecule has 0 amide bonds. The van der Waals surface area contributed by atoms with E-state index in [0.29, 0.717) is 11.4 Å². The van der Waals surface area contributed by atoms with Crippen LogP contribution in [0.15, 0.2) is 36.8 Å². The molecule has 0 aliphatic carbocycles. The van der Waals surface area contributed by atoms with E-state index >= 15 is 0 Å². The summed E-state index contributed by atoms with van der Waals surface area (Å²) in [6, 6.07) is 6.87. The van der Waals surface area contributed by atoms with Crippen molar-refractivity contribution in [1.82, 2.24) is 0 Å². The molecule has 3 N–H and O–H groups in total. The number of nitrogen functional groups attached to an aromatic ring is 1. The summed E-state index contributed by atoms with van der Waals surface area (Å²) in [4.78, 5) is 0. The number of aliphatic hydroxyl groups is 1. The van der Waals surface area contributed by atoms with E-state index in [0.717, 1.165) is 0 Å². The Morgan fingerprint density at radius 3 is 2.64 bits per heavy atom. The lowest BCUT2D eigenvalue weighted by molar-refractivity contribution is 0.212. The third-order valence-corrected chi connectivity index (χ3v) is 1.15. The normalized spacial score (nSPS) is 9.09. The standard InChI is InChI=1S/C8H9NO2/c1-6(10)11-8-5-3-2-4-7(8)9/h2-5,10H,1,9H2. The molecule has 0 unspecified atom stereocenters. The Kier molecular flexibility index (Phi) is 2.01. The molecule has 0 saturated heterocycles. The number of benzene rings is 1. The van der Waals surface area contributed by atoms with Crippen LogP contribution < -0.4 is 10.5 Å². The van der Waals surface area contributed by atoms with Gasteiger partial charge in [0.1, 0.15) is 0 Å². The zero-order chi connectivity index (χ0) is 8.27. The van der Waals surface area contributed by atoms with E-state index in [-0.39, 0.29) is 5.95 Å². The molecule has 11 heavy (non-hydrogen) atoms. The fourth-order valence-electron chi connectivity index (χ4n) is 0.700. The molecule has 0 radical (unpaired) electrons. The second-order valence-corrected chi connectivity index (χ2v) is 2.03. The Morgan fingerprint density at radius 2 is 2.09 bits per heavy atom. The van der Waals surface area contributed by atoms with E-state index < -0.39 is 0 Å². The molecule has 58 valence electrons. The van der Waals surface area contributed by atoms with Crippen molar-refractivity contribution in [2.24, 2.45) is 0 Å². The number of hydrogen-bond donors (Lipinski definition) is 2. The molecule has 0 heterocycles. The molecule has 0 bridgehead atoms. The predicted octanol–water partition coefficient (Wildman–Crippen LogP) is 1.68. The smallest absolute Gasteiger partial charge is 0.274 e. The first-order chi connectivity index (χ1) is 5.20. The maximum absolute atomic E-state index is 8.66. The summed E-state index contributed by atoms with van der Waals surface area (Å²) in [5, 5.41) is 8.66. The van der Waals surface area contributed by atoms with E-state index in [4.69, 9.17) is 15.6 Å². The van der Waals surface area contributed by atoms with E-state index in [1.54, 1.807) is 24.3 Å². The van der Waals surface area contributed by atoms with Gasteiger partial charge in [-0.1, -0.05) is 12.1 Å². The van der Waals surface area contributed by atoms with Gasteiger partial charge in [0.05, 0.1) is 5.69 Å². The van der Waals surface area contributed by atoms with Crippen LogP contribution >= 0.6 is 0 Å². The summed E-state index contributed by atoms with van der Waals surface area (Å²) in [7, 11) is 0. The van der Waals surface area contributed by atoms with Crippen LogP contribution in [0.25, 0.3) is 0 Å². The summed E-state index contributed by atoms with van der Waals surface area (Å²) in [5.41, 5.74) is 5.97. The number of hydrogen-bond acceptors (Lipinski definition) is 3. The van der Waals surface area contributed by atoms with Crippen molar-refractivity contribution >= 4 is 5.69 Å². The molecule has 3 nitrogen and oxygen atoms in total. The molecule has 0 aliphatic rings. The van der Waals surface area contributed by atoms with Gasteiger partial charge in [-0.05, 0) is 18.7 Å². The minimum atomic E-state index is -0.358. The Hall–Kier alpha value is -1.64. The maximum Gasteiger partial charge on any atom is 0.274 e. The summed E-state index contributed by atoms with van der Waals surface area (Å²) >= 11 is 0. The monoisotopic (exact) mass is 151 g/mol. The van der Waals surface area contributed by atoms with Gasteiger partial charge in [-0.25, -0.2) is 0 Å². The molecule has 0 saturated carbocycles. The first kappa shape index (κ1) is 7.47. The van der Waals surface area contributed by atoms with E-state index in [1.165, 1.54) is 0 Å². The van der Waals surface area contributed by atoms with Crippen LogP contribution in [0, 0.1) is 0 Å². The summed E-state index contributed by atoms with van der Waals surface area (Å²) in [6.07, 6.45) is 0. The number of para-hydroxylation sites is 2. The molecule has 0 aliphatic heterocycles.